The molecule has 1 saturated heterocycles. The van der Waals surface area contributed by atoms with E-state index in [-0.39, 0.29) is 24.7 Å². The molecule has 1 fully saturated rings. The van der Waals surface area contributed by atoms with Gasteiger partial charge in [0, 0.05) is 42.8 Å². The zero-order valence-corrected chi connectivity index (χ0v) is 28.4. The van der Waals surface area contributed by atoms with Crippen molar-refractivity contribution in [2.45, 2.75) is 31.4 Å². The fourth-order valence-electron chi connectivity index (χ4n) is 5.50. The van der Waals surface area contributed by atoms with Gasteiger partial charge in [0.05, 0.1) is 76.2 Å². The summed E-state index contributed by atoms with van der Waals surface area (Å²) >= 11 is 0. The maximum atomic E-state index is 14.8. The first-order valence-corrected chi connectivity index (χ1v) is 16.5. The number of piperidine rings is 1. The molecular formula is C35H46F4N6O5. The fraction of sp³-hybridized carbons (Fsp3) is 0.514. The second-order valence-corrected chi connectivity index (χ2v) is 11.7. The van der Waals surface area contributed by atoms with Crippen molar-refractivity contribution in [3.8, 4) is 17.6 Å². The van der Waals surface area contributed by atoms with E-state index < -0.39 is 24.9 Å². The van der Waals surface area contributed by atoms with Crippen molar-refractivity contribution >= 4 is 28.2 Å². The lowest BCUT2D eigenvalue weighted by Gasteiger charge is -2.33. The van der Waals surface area contributed by atoms with Crippen molar-refractivity contribution in [3.63, 3.8) is 0 Å². The molecule has 0 bridgehead atoms. The van der Waals surface area contributed by atoms with Crippen molar-refractivity contribution in [1.29, 1.82) is 0 Å². The highest BCUT2D eigenvalue weighted by Gasteiger charge is 2.31. The number of nitrogens with one attached hydrogen (secondary N) is 3. The number of anilines is 2. The van der Waals surface area contributed by atoms with Crippen molar-refractivity contribution in [1.82, 2.24) is 14.8 Å². The highest BCUT2D eigenvalue weighted by Crippen LogP contribution is 2.32. The number of hydrogen-bond donors (Lipinski definition) is 4. The van der Waals surface area contributed by atoms with Crippen LogP contribution >= 0.6 is 0 Å². The van der Waals surface area contributed by atoms with Crippen LogP contribution in [-0.2, 0) is 20.8 Å². The number of fused-ring (bicyclic) bond motifs is 1. The zero-order chi connectivity index (χ0) is 35.9. The summed E-state index contributed by atoms with van der Waals surface area (Å²) in [5, 5.41) is 9.65. The summed E-state index contributed by atoms with van der Waals surface area (Å²) in [6.45, 7) is 3.15. The number of carbonyl (C=O) groups is 1. The maximum absolute atomic E-state index is 14.8. The minimum atomic E-state index is -4.48. The molecule has 2 aromatic carbocycles. The number of ether oxygens (including phenoxy) is 4. The molecule has 1 aliphatic rings. The number of aromatic nitrogens is 1. The number of hydrogen-bond acceptors (Lipinski definition) is 9. The van der Waals surface area contributed by atoms with Gasteiger partial charge in [-0.05, 0) is 55.8 Å². The van der Waals surface area contributed by atoms with Crippen LogP contribution in [0.4, 0.5) is 28.9 Å². The van der Waals surface area contributed by atoms with Crippen molar-refractivity contribution in [2.24, 2.45) is 5.73 Å². The zero-order valence-electron chi connectivity index (χ0n) is 28.4. The van der Waals surface area contributed by atoms with Crippen LogP contribution in [0, 0.1) is 11.8 Å². The minimum absolute atomic E-state index is 0.0848. The van der Waals surface area contributed by atoms with E-state index in [2.05, 4.69) is 27.8 Å². The van der Waals surface area contributed by atoms with Crippen molar-refractivity contribution in [3.05, 3.63) is 53.7 Å². The molecule has 0 spiro atoms. The number of likely N-dealkylation sites (tertiary alicyclic amines) is 1. The summed E-state index contributed by atoms with van der Waals surface area (Å²) in [7, 11) is 3.32. The molecule has 0 aliphatic carbocycles. The van der Waals surface area contributed by atoms with Crippen LogP contribution in [0.5, 0.6) is 5.75 Å². The Hall–Kier alpha value is -4.07. The molecule has 4 rings (SSSR count). The summed E-state index contributed by atoms with van der Waals surface area (Å²) in [5.74, 6) is 5.85. The van der Waals surface area contributed by atoms with E-state index in [1.54, 1.807) is 42.5 Å². The van der Waals surface area contributed by atoms with Crippen molar-refractivity contribution < 1.29 is 41.3 Å². The van der Waals surface area contributed by atoms with Gasteiger partial charge in [-0.1, -0.05) is 12.0 Å². The van der Waals surface area contributed by atoms with E-state index in [4.69, 9.17) is 24.7 Å². The Morgan fingerprint density at radius 3 is 2.46 bits per heavy atom. The number of alkyl halides is 4. The Kier molecular flexibility index (Phi) is 15.0. The SMILES string of the molecule is COc1cc(C(=O)NCCOCCOCCOCCN)ccc1NCC#Cc1cc2c(N[C@@H]3CCN(C)C[C@@H]3F)cccc2n1CC(F)(F)F. The van der Waals surface area contributed by atoms with E-state index in [0.717, 1.165) is 4.57 Å². The van der Waals surface area contributed by atoms with E-state index in [1.807, 2.05) is 11.9 Å². The van der Waals surface area contributed by atoms with Gasteiger partial charge < -0.3 is 50.1 Å². The maximum Gasteiger partial charge on any atom is 0.406 e. The van der Waals surface area contributed by atoms with Gasteiger partial charge in [0.15, 0.2) is 0 Å². The molecule has 5 N–H and O–H groups in total. The van der Waals surface area contributed by atoms with E-state index in [9.17, 15) is 22.4 Å². The van der Waals surface area contributed by atoms with Gasteiger partial charge in [0.1, 0.15) is 18.5 Å². The monoisotopic (exact) mass is 706 g/mol. The molecule has 50 heavy (non-hydrogen) atoms. The number of amides is 1. The van der Waals surface area contributed by atoms with Crippen LogP contribution in [0.25, 0.3) is 10.9 Å². The number of carbonyl (C=O) groups excluding carboxylic acids is 1. The minimum Gasteiger partial charge on any atom is -0.495 e. The summed E-state index contributed by atoms with van der Waals surface area (Å²) in [6.07, 6.45) is -5.02. The first-order chi connectivity index (χ1) is 24.1. The van der Waals surface area contributed by atoms with Gasteiger partial charge in [-0.25, -0.2) is 4.39 Å². The molecule has 15 heteroatoms. The van der Waals surface area contributed by atoms with Gasteiger partial charge in [0.25, 0.3) is 5.91 Å². The second kappa shape index (κ2) is 19.4. The standard InChI is InChI=1S/C35H46F4N6O5/c1-44-14-10-30(28(36)23-44)43-29-6-3-7-32-27(29)22-26(45(32)24-35(37,38)39)5-4-12-41-31-9-8-25(21-33(31)47-2)34(46)42-13-16-49-18-20-50-19-17-48-15-11-40/h3,6-9,21-22,28,30,41,43H,10-20,23-24,40H2,1-2H3,(H,42,46)/t28-,30+/m0/s1. The molecule has 1 aliphatic heterocycles. The number of nitrogens with two attached hydrogens (primary N) is 1. The van der Waals surface area contributed by atoms with Crippen LogP contribution in [0.2, 0.25) is 0 Å². The first-order valence-electron chi connectivity index (χ1n) is 16.5. The highest BCUT2D eigenvalue weighted by atomic mass is 19.4. The molecular weight excluding hydrogens is 660 g/mol. The number of methoxy groups -OCH3 is 1. The van der Waals surface area contributed by atoms with Gasteiger partial charge >= 0.3 is 6.18 Å². The first kappa shape index (κ1) is 38.7. The average Bonchev–Trinajstić information content (AvgIpc) is 3.43. The highest BCUT2D eigenvalue weighted by molar-refractivity contribution is 5.95. The lowest BCUT2D eigenvalue weighted by Crippen LogP contribution is -2.46. The Balaban J connectivity index is 1.34. The Morgan fingerprint density at radius 1 is 1.02 bits per heavy atom. The van der Waals surface area contributed by atoms with E-state index in [0.29, 0.717) is 99.3 Å². The number of benzene rings is 2. The quantitative estimate of drug-likeness (QED) is 0.0888. The van der Waals surface area contributed by atoms with Gasteiger partial charge in [0.2, 0.25) is 0 Å². The molecule has 1 aromatic heterocycles. The van der Waals surface area contributed by atoms with Crippen LogP contribution < -0.4 is 26.4 Å². The van der Waals surface area contributed by atoms with Gasteiger partial charge in [-0.3, -0.25) is 4.79 Å². The average molecular weight is 707 g/mol. The van der Waals surface area contributed by atoms with Crippen LogP contribution in [0.1, 0.15) is 22.5 Å². The molecule has 0 unspecified atom stereocenters. The molecule has 2 heterocycles. The normalized spacial score (nSPS) is 16.5. The summed E-state index contributed by atoms with van der Waals surface area (Å²) in [5.41, 5.74) is 7.37. The molecule has 11 nitrogen and oxygen atoms in total. The fourth-order valence-corrected chi connectivity index (χ4v) is 5.50. The molecule has 0 saturated carbocycles. The van der Waals surface area contributed by atoms with Crippen LogP contribution in [0.3, 0.4) is 0 Å². The van der Waals surface area contributed by atoms with Gasteiger partial charge in [-0.2, -0.15) is 13.2 Å². The Morgan fingerprint density at radius 2 is 1.76 bits per heavy atom. The Bertz CT molecular complexity index is 1590. The summed E-state index contributed by atoms with van der Waals surface area (Å²) in [6, 6.07) is 11.0. The predicted molar refractivity (Wildman–Crippen MR) is 185 cm³/mol. The molecule has 0 radical (unpaired) electrons. The predicted octanol–water partition coefficient (Wildman–Crippen LogP) is 3.87. The summed E-state index contributed by atoms with van der Waals surface area (Å²) in [4.78, 5) is 14.6. The topological polar surface area (TPSA) is 124 Å². The lowest BCUT2D eigenvalue weighted by molar-refractivity contribution is -0.140. The molecule has 3 aromatic rings. The largest absolute Gasteiger partial charge is 0.495 e. The summed E-state index contributed by atoms with van der Waals surface area (Å²) < 4.78 is 78.3. The molecule has 274 valence electrons. The third kappa shape index (κ3) is 11.8. The lowest BCUT2D eigenvalue weighted by atomic mass is 10.0. The van der Waals surface area contributed by atoms with E-state index >= 15 is 0 Å². The smallest absolute Gasteiger partial charge is 0.406 e. The number of rotatable bonds is 18. The van der Waals surface area contributed by atoms with Crippen LogP contribution in [-0.4, -0.2) is 120 Å². The molecule has 1 amide bonds. The molecule has 2 atom stereocenters. The number of nitrogens with zero attached hydrogens (tertiary/aromatic N) is 2. The van der Waals surface area contributed by atoms with E-state index in [1.165, 1.54) is 7.11 Å². The third-order valence-electron chi connectivity index (χ3n) is 7.95. The van der Waals surface area contributed by atoms with Gasteiger partial charge in [-0.15, -0.1) is 0 Å². The number of halogens is 4. The second-order valence-electron chi connectivity index (χ2n) is 11.7. The third-order valence-corrected chi connectivity index (χ3v) is 7.95. The van der Waals surface area contributed by atoms with Crippen molar-refractivity contribution in [2.75, 3.05) is 97.2 Å². The van der Waals surface area contributed by atoms with Crippen LogP contribution in [0.15, 0.2) is 42.5 Å². The Labute approximate surface area is 289 Å².